The highest BCUT2D eigenvalue weighted by atomic mass is 16.3. The zero-order chi connectivity index (χ0) is 13.7. The summed E-state index contributed by atoms with van der Waals surface area (Å²) in [5.74, 6) is 0.489. The van der Waals surface area contributed by atoms with Gasteiger partial charge >= 0.3 is 6.03 Å². The van der Waals surface area contributed by atoms with E-state index in [9.17, 15) is 4.79 Å². The zero-order valence-electron chi connectivity index (χ0n) is 10.6. The number of benzene rings is 1. The van der Waals surface area contributed by atoms with Crippen LogP contribution in [0.5, 0.6) is 0 Å². The van der Waals surface area contributed by atoms with Crippen molar-refractivity contribution in [2.24, 2.45) is 5.92 Å². The number of amides is 2. The number of carbonyl (C=O) groups is 1. The van der Waals surface area contributed by atoms with Crippen molar-refractivity contribution in [2.75, 3.05) is 11.9 Å². The Morgan fingerprint density at radius 2 is 2.32 bits per heavy atom. The summed E-state index contributed by atoms with van der Waals surface area (Å²) >= 11 is 0. The molecule has 0 saturated heterocycles. The van der Waals surface area contributed by atoms with Crippen molar-refractivity contribution < 1.29 is 9.90 Å². The molecule has 1 saturated carbocycles. The van der Waals surface area contributed by atoms with Gasteiger partial charge in [-0.25, -0.2) is 4.79 Å². The third kappa shape index (κ3) is 3.97. The van der Waals surface area contributed by atoms with Crippen molar-refractivity contribution in [3.8, 4) is 6.07 Å². The largest absolute Gasteiger partial charge is 0.396 e. The van der Waals surface area contributed by atoms with E-state index < -0.39 is 0 Å². The number of nitrogens with zero attached hydrogens (tertiary/aromatic N) is 1. The molecule has 1 aromatic rings. The number of carbonyl (C=O) groups excluding carboxylic acids is 1. The van der Waals surface area contributed by atoms with Gasteiger partial charge in [0.1, 0.15) is 0 Å². The quantitative estimate of drug-likeness (QED) is 0.754. The van der Waals surface area contributed by atoms with Crippen LogP contribution in [0.25, 0.3) is 0 Å². The fourth-order valence-electron chi connectivity index (χ4n) is 2.07. The lowest BCUT2D eigenvalue weighted by atomic mass is 10.1. The molecule has 1 aliphatic carbocycles. The number of anilines is 1. The van der Waals surface area contributed by atoms with E-state index in [4.69, 9.17) is 10.4 Å². The third-order valence-electron chi connectivity index (χ3n) is 3.20. The summed E-state index contributed by atoms with van der Waals surface area (Å²) < 4.78 is 0. The second-order valence-corrected chi connectivity index (χ2v) is 4.75. The molecule has 1 atom stereocenters. The Balaban J connectivity index is 1.90. The van der Waals surface area contributed by atoms with Crippen molar-refractivity contribution in [1.29, 1.82) is 5.26 Å². The van der Waals surface area contributed by atoms with Crippen LogP contribution in [0.15, 0.2) is 24.3 Å². The summed E-state index contributed by atoms with van der Waals surface area (Å²) in [6.45, 7) is 0.0748. The van der Waals surface area contributed by atoms with Crippen molar-refractivity contribution in [3.05, 3.63) is 29.8 Å². The van der Waals surface area contributed by atoms with Crippen LogP contribution in [0.1, 0.15) is 24.8 Å². The highest BCUT2D eigenvalue weighted by Gasteiger charge is 2.31. The maximum absolute atomic E-state index is 11.8. The number of nitriles is 1. The number of hydrogen-bond acceptors (Lipinski definition) is 3. The van der Waals surface area contributed by atoms with Gasteiger partial charge in [0.05, 0.1) is 11.6 Å². The Hall–Kier alpha value is -2.06. The number of hydrogen-bond donors (Lipinski definition) is 3. The predicted molar refractivity (Wildman–Crippen MR) is 71.5 cm³/mol. The highest BCUT2D eigenvalue weighted by molar-refractivity contribution is 5.89. The average Bonchev–Trinajstić information content (AvgIpc) is 3.22. The first-order valence-electron chi connectivity index (χ1n) is 6.41. The van der Waals surface area contributed by atoms with Gasteiger partial charge in [-0.05, 0) is 43.4 Å². The average molecular weight is 259 g/mol. The van der Waals surface area contributed by atoms with Gasteiger partial charge in [-0.15, -0.1) is 0 Å². The van der Waals surface area contributed by atoms with Crippen LogP contribution in [-0.4, -0.2) is 23.8 Å². The molecule has 0 spiro atoms. The highest BCUT2D eigenvalue weighted by Crippen LogP contribution is 2.33. The molecule has 1 unspecified atom stereocenters. The number of nitrogens with one attached hydrogen (secondary N) is 2. The molecule has 1 aromatic carbocycles. The minimum Gasteiger partial charge on any atom is -0.396 e. The van der Waals surface area contributed by atoms with Gasteiger partial charge in [0, 0.05) is 18.3 Å². The summed E-state index contributed by atoms with van der Waals surface area (Å²) in [5.41, 5.74) is 1.10. The molecule has 0 radical (unpaired) electrons. The maximum atomic E-state index is 11.8. The summed E-state index contributed by atoms with van der Waals surface area (Å²) in [6.07, 6.45) is 2.79. The second kappa shape index (κ2) is 6.21. The molecule has 2 rings (SSSR count). The van der Waals surface area contributed by atoms with E-state index in [0.717, 1.165) is 12.8 Å². The van der Waals surface area contributed by atoms with Gasteiger partial charge in [0.2, 0.25) is 0 Å². The second-order valence-electron chi connectivity index (χ2n) is 4.75. The maximum Gasteiger partial charge on any atom is 0.319 e. The lowest BCUT2D eigenvalue weighted by Gasteiger charge is -2.17. The molecule has 1 fully saturated rings. The number of rotatable bonds is 5. The van der Waals surface area contributed by atoms with E-state index in [1.54, 1.807) is 24.3 Å². The zero-order valence-corrected chi connectivity index (χ0v) is 10.6. The SMILES string of the molecule is N#Cc1cccc(NC(=O)NC(CCO)C2CC2)c1. The van der Waals surface area contributed by atoms with Crippen molar-refractivity contribution >= 4 is 11.7 Å². The Morgan fingerprint density at radius 3 is 2.95 bits per heavy atom. The van der Waals surface area contributed by atoms with E-state index in [2.05, 4.69) is 10.6 Å². The van der Waals surface area contributed by atoms with Crippen LogP contribution in [0.4, 0.5) is 10.5 Å². The minimum absolute atomic E-state index is 0.0316. The van der Waals surface area contributed by atoms with Gasteiger partial charge in [-0.2, -0.15) is 5.26 Å². The molecule has 1 aliphatic rings. The van der Waals surface area contributed by atoms with E-state index in [0.29, 0.717) is 23.6 Å². The molecule has 100 valence electrons. The Morgan fingerprint density at radius 1 is 1.53 bits per heavy atom. The third-order valence-corrected chi connectivity index (χ3v) is 3.20. The number of aliphatic hydroxyl groups excluding tert-OH is 1. The van der Waals surface area contributed by atoms with Crippen molar-refractivity contribution in [3.63, 3.8) is 0 Å². The Kier molecular flexibility index (Phi) is 4.37. The minimum atomic E-state index is -0.291. The standard InChI is InChI=1S/C14H17N3O2/c15-9-10-2-1-3-12(8-10)16-14(19)17-13(6-7-18)11-4-5-11/h1-3,8,11,13,18H,4-7H2,(H2,16,17,19). The molecule has 0 aromatic heterocycles. The molecule has 0 aliphatic heterocycles. The van der Waals surface area contributed by atoms with Crippen LogP contribution in [-0.2, 0) is 0 Å². The molecule has 0 bridgehead atoms. The molecular weight excluding hydrogens is 242 g/mol. The molecule has 5 nitrogen and oxygen atoms in total. The van der Waals surface area contributed by atoms with E-state index in [-0.39, 0.29) is 18.7 Å². The molecular formula is C14H17N3O2. The van der Waals surface area contributed by atoms with Gasteiger partial charge in [-0.1, -0.05) is 6.07 Å². The topological polar surface area (TPSA) is 85.2 Å². The normalized spacial score (nSPS) is 15.4. The molecule has 5 heteroatoms. The predicted octanol–water partition coefficient (Wildman–Crippen LogP) is 1.84. The smallest absolute Gasteiger partial charge is 0.319 e. The van der Waals surface area contributed by atoms with E-state index >= 15 is 0 Å². The van der Waals surface area contributed by atoms with Gasteiger partial charge in [0.15, 0.2) is 0 Å². The fraction of sp³-hybridized carbons (Fsp3) is 0.429. The summed E-state index contributed by atoms with van der Waals surface area (Å²) in [4.78, 5) is 11.8. The molecule has 19 heavy (non-hydrogen) atoms. The first kappa shape index (κ1) is 13.4. The number of aliphatic hydroxyl groups is 1. The molecule has 2 amide bonds. The van der Waals surface area contributed by atoms with E-state index in [1.165, 1.54) is 0 Å². The Labute approximate surface area is 112 Å². The first-order valence-corrected chi connectivity index (χ1v) is 6.41. The lowest BCUT2D eigenvalue weighted by molar-refractivity contribution is 0.234. The van der Waals surface area contributed by atoms with Crippen LogP contribution < -0.4 is 10.6 Å². The first-order chi connectivity index (χ1) is 9.22. The summed E-state index contributed by atoms with van der Waals surface area (Å²) in [6, 6.07) is 8.53. The molecule has 3 N–H and O–H groups in total. The van der Waals surface area contributed by atoms with Gasteiger partial charge < -0.3 is 15.7 Å². The Bertz CT molecular complexity index is 492. The summed E-state index contributed by atoms with van der Waals surface area (Å²) in [7, 11) is 0. The van der Waals surface area contributed by atoms with Gasteiger partial charge in [-0.3, -0.25) is 0 Å². The van der Waals surface area contributed by atoms with Crippen LogP contribution in [0, 0.1) is 17.2 Å². The van der Waals surface area contributed by atoms with E-state index in [1.807, 2.05) is 6.07 Å². The fourth-order valence-corrected chi connectivity index (χ4v) is 2.07. The lowest BCUT2D eigenvalue weighted by Crippen LogP contribution is -2.39. The van der Waals surface area contributed by atoms with Crippen LogP contribution in [0.2, 0.25) is 0 Å². The molecule has 0 heterocycles. The van der Waals surface area contributed by atoms with Crippen molar-refractivity contribution in [1.82, 2.24) is 5.32 Å². The monoisotopic (exact) mass is 259 g/mol. The van der Waals surface area contributed by atoms with Gasteiger partial charge in [0.25, 0.3) is 0 Å². The summed E-state index contributed by atoms with van der Waals surface area (Å²) in [5, 5.41) is 23.3. The van der Waals surface area contributed by atoms with Crippen LogP contribution in [0.3, 0.4) is 0 Å². The number of urea groups is 1. The van der Waals surface area contributed by atoms with Crippen LogP contribution >= 0.6 is 0 Å². The van der Waals surface area contributed by atoms with Crippen molar-refractivity contribution in [2.45, 2.75) is 25.3 Å².